The van der Waals surface area contributed by atoms with Crippen molar-refractivity contribution in [2.75, 3.05) is 0 Å². The topological polar surface area (TPSA) is 85.1 Å². The summed E-state index contributed by atoms with van der Waals surface area (Å²) in [6, 6.07) is 13.4. The Labute approximate surface area is 119 Å². The van der Waals surface area contributed by atoms with Crippen LogP contribution >= 0.6 is 0 Å². The highest BCUT2D eigenvalue weighted by Crippen LogP contribution is 2.10. The Morgan fingerprint density at radius 1 is 1.10 bits per heavy atom. The highest BCUT2D eigenvalue weighted by molar-refractivity contribution is 5.89. The number of fused-ring (bicyclic) bond motifs is 1. The van der Waals surface area contributed by atoms with Gasteiger partial charge in [-0.2, -0.15) is 0 Å². The molecule has 0 aliphatic rings. The summed E-state index contributed by atoms with van der Waals surface area (Å²) in [5, 5.41) is 17.5. The fourth-order valence-corrected chi connectivity index (χ4v) is 2.16. The summed E-state index contributed by atoms with van der Waals surface area (Å²) in [5.41, 5.74) is 0.891. The molecule has 3 aromatic rings. The van der Waals surface area contributed by atoms with Gasteiger partial charge in [0.25, 0.3) is 5.56 Å². The SMILES string of the molecule is O=C(O)c1ccccc1Cn1nnc2ccccc2c1=O. The Morgan fingerprint density at radius 2 is 1.81 bits per heavy atom. The van der Waals surface area contributed by atoms with Crippen molar-refractivity contribution in [3.05, 3.63) is 70.0 Å². The van der Waals surface area contributed by atoms with E-state index < -0.39 is 5.97 Å². The maximum Gasteiger partial charge on any atom is 0.336 e. The van der Waals surface area contributed by atoms with Crippen molar-refractivity contribution >= 4 is 16.9 Å². The van der Waals surface area contributed by atoms with E-state index in [1.807, 2.05) is 0 Å². The van der Waals surface area contributed by atoms with Gasteiger partial charge in [-0.05, 0) is 23.8 Å². The van der Waals surface area contributed by atoms with E-state index in [2.05, 4.69) is 10.3 Å². The predicted molar refractivity (Wildman–Crippen MR) is 76.3 cm³/mol. The Balaban J connectivity index is 2.09. The number of carbonyl (C=O) groups is 1. The predicted octanol–water partition coefficient (Wildman–Crippen LogP) is 1.54. The Hall–Kier alpha value is -3.02. The molecule has 0 bridgehead atoms. The molecule has 0 radical (unpaired) electrons. The van der Waals surface area contributed by atoms with E-state index in [4.69, 9.17) is 5.11 Å². The average molecular weight is 281 g/mol. The number of aromatic nitrogens is 3. The van der Waals surface area contributed by atoms with Crippen LogP contribution in [-0.2, 0) is 6.54 Å². The van der Waals surface area contributed by atoms with Crippen molar-refractivity contribution in [3.8, 4) is 0 Å². The van der Waals surface area contributed by atoms with Crippen LogP contribution in [0.2, 0.25) is 0 Å². The monoisotopic (exact) mass is 281 g/mol. The smallest absolute Gasteiger partial charge is 0.336 e. The minimum absolute atomic E-state index is 0.0686. The third-order valence-corrected chi connectivity index (χ3v) is 3.20. The number of aromatic carboxylic acids is 1. The minimum Gasteiger partial charge on any atom is -0.478 e. The van der Waals surface area contributed by atoms with Crippen LogP contribution in [0.15, 0.2) is 53.3 Å². The summed E-state index contributed by atoms with van der Waals surface area (Å²) in [4.78, 5) is 23.5. The molecule has 1 aromatic heterocycles. The number of benzene rings is 2. The van der Waals surface area contributed by atoms with E-state index in [9.17, 15) is 9.59 Å². The molecule has 0 spiro atoms. The summed E-state index contributed by atoms with van der Waals surface area (Å²) in [6.45, 7) is 0.0686. The van der Waals surface area contributed by atoms with E-state index in [1.165, 1.54) is 10.7 Å². The van der Waals surface area contributed by atoms with Crippen molar-refractivity contribution in [3.63, 3.8) is 0 Å². The Bertz CT molecular complexity index is 886. The van der Waals surface area contributed by atoms with Crippen LogP contribution in [0.25, 0.3) is 10.9 Å². The standard InChI is InChI=1S/C15H11N3O3/c19-14-12-7-3-4-8-13(12)16-17-18(14)9-10-5-1-2-6-11(10)15(20)21/h1-8H,9H2,(H,20,21). The van der Waals surface area contributed by atoms with Crippen LogP contribution in [0, 0.1) is 0 Å². The lowest BCUT2D eigenvalue weighted by molar-refractivity contribution is 0.0695. The molecule has 0 amide bonds. The molecule has 3 rings (SSSR count). The summed E-state index contributed by atoms with van der Waals surface area (Å²) < 4.78 is 1.17. The highest BCUT2D eigenvalue weighted by Gasteiger charge is 2.11. The van der Waals surface area contributed by atoms with Gasteiger partial charge in [0.15, 0.2) is 0 Å². The number of hydrogen-bond acceptors (Lipinski definition) is 4. The summed E-state index contributed by atoms with van der Waals surface area (Å²) >= 11 is 0. The number of hydrogen-bond donors (Lipinski definition) is 1. The summed E-state index contributed by atoms with van der Waals surface area (Å²) in [6.07, 6.45) is 0. The normalized spacial score (nSPS) is 10.7. The molecule has 0 aliphatic heterocycles. The van der Waals surface area contributed by atoms with Gasteiger partial charge in [0.2, 0.25) is 0 Å². The third kappa shape index (κ3) is 2.38. The minimum atomic E-state index is -1.03. The maximum atomic E-state index is 12.3. The largest absolute Gasteiger partial charge is 0.478 e. The zero-order valence-electron chi connectivity index (χ0n) is 10.9. The van der Waals surface area contributed by atoms with Crippen molar-refractivity contribution in [1.82, 2.24) is 15.0 Å². The first kappa shape index (κ1) is 13.0. The van der Waals surface area contributed by atoms with Gasteiger partial charge in [-0.1, -0.05) is 35.5 Å². The second kappa shape index (κ2) is 5.16. The third-order valence-electron chi connectivity index (χ3n) is 3.20. The molecule has 0 unspecified atom stereocenters. The van der Waals surface area contributed by atoms with Crippen molar-refractivity contribution < 1.29 is 9.90 Å². The van der Waals surface area contributed by atoms with Crippen molar-refractivity contribution in [2.45, 2.75) is 6.54 Å². The molecule has 0 saturated carbocycles. The van der Waals surface area contributed by atoms with Crippen LogP contribution in [0.1, 0.15) is 15.9 Å². The second-order valence-corrected chi connectivity index (χ2v) is 4.53. The molecule has 1 heterocycles. The number of nitrogens with zero attached hydrogens (tertiary/aromatic N) is 3. The van der Waals surface area contributed by atoms with E-state index in [-0.39, 0.29) is 17.7 Å². The number of carboxylic acid groups (broad SMARTS) is 1. The second-order valence-electron chi connectivity index (χ2n) is 4.53. The van der Waals surface area contributed by atoms with Crippen LogP contribution in [0.5, 0.6) is 0 Å². The molecule has 0 atom stereocenters. The number of rotatable bonds is 3. The van der Waals surface area contributed by atoms with Gasteiger partial charge in [0, 0.05) is 0 Å². The van der Waals surface area contributed by atoms with Crippen molar-refractivity contribution in [2.24, 2.45) is 0 Å². The molecule has 6 heteroatoms. The lowest BCUT2D eigenvalue weighted by atomic mass is 10.1. The zero-order chi connectivity index (χ0) is 14.8. The van der Waals surface area contributed by atoms with Gasteiger partial charge in [-0.25, -0.2) is 9.48 Å². The van der Waals surface area contributed by atoms with Crippen LogP contribution in [0.3, 0.4) is 0 Å². The van der Waals surface area contributed by atoms with Crippen molar-refractivity contribution in [1.29, 1.82) is 0 Å². The molecule has 0 saturated heterocycles. The molecular formula is C15H11N3O3. The lowest BCUT2D eigenvalue weighted by Crippen LogP contribution is -2.25. The van der Waals surface area contributed by atoms with E-state index in [0.29, 0.717) is 16.5 Å². The lowest BCUT2D eigenvalue weighted by Gasteiger charge is -2.07. The first-order valence-corrected chi connectivity index (χ1v) is 6.30. The van der Waals surface area contributed by atoms with Gasteiger partial charge >= 0.3 is 5.97 Å². The molecule has 21 heavy (non-hydrogen) atoms. The van der Waals surface area contributed by atoms with Gasteiger partial charge in [-0.15, -0.1) is 5.10 Å². The van der Waals surface area contributed by atoms with E-state index in [1.54, 1.807) is 42.5 Å². The van der Waals surface area contributed by atoms with Gasteiger partial charge in [-0.3, -0.25) is 4.79 Å². The van der Waals surface area contributed by atoms with E-state index >= 15 is 0 Å². The summed E-state index contributed by atoms with van der Waals surface area (Å²) in [5.74, 6) is -1.03. The maximum absolute atomic E-state index is 12.3. The van der Waals surface area contributed by atoms with E-state index in [0.717, 1.165) is 0 Å². The molecular weight excluding hydrogens is 270 g/mol. The molecule has 0 fully saturated rings. The fraction of sp³-hybridized carbons (Fsp3) is 0.0667. The Morgan fingerprint density at radius 3 is 2.62 bits per heavy atom. The summed E-state index contributed by atoms with van der Waals surface area (Å²) in [7, 11) is 0. The fourth-order valence-electron chi connectivity index (χ4n) is 2.16. The molecule has 104 valence electrons. The van der Waals surface area contributed by atoms with Crippen LogP contribution in [-0.4, -0.2) is 26.1 Å². The molecule has 0 aliphatic carbocycles. The number of carboxylic acids is 1. The Kier molecular flexibility index (Phi) is 3.19. The average Bonchev–Trinajstić information content (AvgIpc) is 2.51. The van der Waals surface area contributed by atoms with Crippen LogP contribution in [0.4, 0.5) is 0 Å². The van der Waals surface area contributed by atoms with Gasteiger partial charge in [0.05, 0.1) is 17.5 Å². The molecule has 2 aromatic carbocycles. The molecule has 1 N–H and O–H groups in total. The first-order chi connectivity index (χ1) is 10.2. The zero-order valence-corrected chi connectivity index (χ0v) is 10.9. The van der Waals surface area contributed by atoms with Gasteiger partial charge in [0.1, 0.15) is 5.52 Å². The van der Waals surface area contributed by atoms with Gasteiger partial charge < -0.3 is 5.11 Å². The molecule has 6 nitrogen and oxygen atoms in total. The quantitative estimate of drug-likeness (QED) is 0.787. The first-order valence-electron chi connectivity index (χ1n) is 6.30. The highest BCUT2D eigenvalue weighted by atomic mass is 16.4. The van der Waals surface area contributed by atoms with Crippen LogP contribution < -0.4 is 5.56 Å².